The van der Waals surface area contributed by atoms with E-state index in [2.05, 4.69) is 63.5 Å². The number of methoxy groups -OCH3 is 2. The standard InChI is InChI=1S/C32H31N3O3/c1-37-30-13-12-25(18-31(30)38-2)27(19-32(36)34-20-23-14-16-33-17-15-23)28-22-35(21-24-8-4-3-5-9-24)29-11-7-6-10-26(28)29/h3-18,22,27H,19-21H2,1-2H3,(H,34,36)/t27-/m0/s1. The third-order valence-electron chi connectivity index (χ3n) is 6.83. The second-order valence-corrected chi connectivity index (χ2v) is 9.22. The van der Waals surface area contributed by atoms with Gasteiger partial charge in [0, 0.05) is 54.9 Å². The van der Waals surface area contributed by atoms with Crippen molar-refractivity contribution < 1.29 is 14.3 Å². The van der Waals surface area contributed by atoms with Crippen molar-refractivity contribution in [2.24, 2.45) is 0 Å². The normalized spacial score (nSPS) is 11.7. The average Bonchev–Trinajstić information content (AvgIpc) is 3.33. The fourth-order valence-electron chi connectivity index (χ4n) is 4.90. The minimum atomic E-state index is -0.186. The topological polar surface area (TPSA) is 65.4 Å². The van der Waals surface area contributed by atoms with Crippen molar-refractivity contribution in [2.45, 2.75) is 25.4 Å². The molecular formula is C32H31N3O3. The van der Waals surface area contributed by atoms with E-state index < -0.39 is 0 Å². The van der Waals surface area contributed by atoms with Gasteiger partial charge in [-0.1, -0.05) is 54.6 Å². The molecule has 6 heteroatoms. The highest BCUT2D eigenvalue weighted by Crippen LogP contribution is 2.38. The molecule has 2 heterocycles. The number of ether oxygens (including phenoxy) is 2. The number of nitrogens with zero attached hydrogens (tertiary/aromatic N) is 2. The SMILES string of the molecule is COc1ccc([C@H](CC(=O)NCc2ccncc2)c2cn(Cc3ccccc3)c3ccccc23)cc1OC. The molecule has 0 radical (unpaired) electrons. The van der Waals surface area contributed by atoms with E-state index in [0.717, 1.165) is 34.1 Å². The van der Waals surface area contributed by atoms with E-state index in [1.165, 1.54) is 5.56 Å². The van der Waals surface area contributed by atoms with Gasteiger partial charge in [0.1, 0.15) is 0 Å². The second-order valence-electron chi connectivity index (χ2n) is 9.22. The van der Waals surface area contributed by atoms with Crippen molar-refractivity contribution in [1.29, 1.82) is 0 Å². The van der Waals surface area contributed by atoms with Crippen LogP contribution in [0.4, 0.5) is 0 Å². The molecule has 5 rings (SSSR count). The van der Waals surface area contributed by atoms with Gasteiger partial charge >= 0.3 is 0 Å². The van der Waals surface area contributed by atoms with Crippen molar-refractivity contribution >= 4 is 16.8 Å². The third kappa shape index (κ3) is 5.54. The molecular weight excluding hydrogens is 474 g/mol. The first kappa shape index (κ1) is 25.1. The van der Waals surface area contributed by atoms with Gasteiger partial charge in [0.2, 0.25) is 5.91 Å². The summed E-state index contributed by atoms with van der Waals surface area (Å²) in [4.78, 5) is 17.4. The minimum absolute atomic E-state index is 0.0264. The maximum absolute atomic E-state index is 13.3. The molecule has 0 saturated carbocycles. The second kappa shape index (κ2) is 11.6. The number of hydrogen-bond acceptors (Lipinski definition) is 4. The number of pyridine rings is 1. The summed E-state index contributed by atoms with van der Waals surface area (Å²) >= 11 is 0. The lowest BCUT2D eigenvalue weighted by Gasteiger charge is -2.19. The summed E-state index contributed by atoms with van der Waals surface area (Å²) in [5, 5.41) is 4.22. The number of carbonyl (C=O) groups excluding carboxylic acids is 1. The molecule has 2 aromatic heterocycles. The highest BCUT2D eigenvalue weighted by Gasteiger charge is 2.24. The third-order valence-corrected chi connectivity index (χ3v) is 6.83. The van der Waals surface area contributed by atoms with Crippen LogP contribution in [0.25, 0.3) is 10.9 Å². The van der Waals surface area contributed by atoms with Crippen molar-refractivity contribution in [2.75, 3.05) is 14.2 Å². The first-order chi connectivity index (χ1) is 18.7. The summed E-state index contributed by atoms with van der Waals surface area (Å²) in [5.74, 6) is 1.08. The Hall–Kier alpha value is -4.58. The largest absolute Gasteiger partial charge is 0.493 e. The zero-order valence-corrected chi connectivity index (χ0v) is 21.6. The number of amides is 1. The smallest absolute Gasteiger partial charge is 0.221 e. The van der Waals surface area contributed by atoms with Crippen LogP contribution in [-0.2, 0) is 17.9 Å². The van der Waals surface area contributed by atoms with Crippen LogP contribution in [0.1, 0.15) is 34.6 Å². The number of nitrogens with one attached hydrogen (secondary N) is 1. The number of aromatic nitrogens is 2. The molecule has 0 bridgehead atoms. The predicted molar refractivity (Wildman–Crippen MR) is 150 cm³/mol. The molecule has 0 aliphatic heterocycles. The number of fused-ring (bicyclic) bond motifs is 1. The summed E-state index contributed by atoms with van der Waals surface area (Å²) in [6, 6.07) is 28.5. The highest BCUT2D eigenvalue weighted by molar-refractivity contribution is 5.87. The molecule has 5 aromatic rings. The zero-order chi connectivity index (χ0) is 26.3. The van der Waals surface area contributed by atoms with Gasteiger partial charge in [-0.2, -0.15) is 0 Å². The van der Waals surface area contributed by atoms with Crippen LogP contribution in [0, 0.1) is 0 Å². The number of benzene rings is 3. The highest BCUT2D eigenvalue weighted by atomic mass is 16.5. The van der Waals surface area contributed by atoms with Crippen LogP contribution in [-0.4, -0.2) is 29.7 Å². The van der Waals surface area contributed by atoms with Gasteiger partial charge in [-0.3, -0.25) is 9.78 Å². The van der Waals surface area contributed by atoms with E-state index in [0.29, 0.717) is 24.5 Å². The van der Waals surface area contributed by atoms with Gasteiger partial charge in [0.15, 0.2) is 11.5 Å². The van der Waals surface area contributed by atoms with E-state index in [9.17, 15) is 4.79 Å². The van der Waals surface area contributed by atoms with Crippen LogP contribution in [0.15, 0.2) is 104 Å². The van der Waals surface area contributed by atoms with Gasteiger partial charge < -0.3 is 19.4 Å². The Morgan fingerprint density at radius 1 is 0.868 bits per heavy atom. The molecule has 38 heavy (non-hydrogen) atoms. The van der Waals surface area contributed by atoms with E-state index >= 15 is 0 Å². The molecule has 192 valence electrons. The van der Waals surface area contributed by atoms with Crippen molar-refractivity contribution in [3.8, 4) is 11.5 Å². The maximum Gasteiger partial charge on any atom is 0.221 e. The molecule has 0 unspecified atom stereocenters. The summed E-state index contributed by atoms with van der Waals surface area (Å²) < 4.78 is 13.3. The Labute approximate surface area is 222 Å². The Bertz CT molecular complexity index is 1510. The average molecular weight is 506 g/mol. The molecule has 3 aromatic carbocycles. The predicted octanol–water partition coefficient (Wildman–Crippen LogP) is 5.94. The maximum atomic E-state index is 13.3. The number of para-hydroxylation sites is 1. The number of rotatable bonds is 10. The zero-order valence-electron chi connectivity index (χ0n) is 21.6. The lowest BCUT2D eigenvalue weighted by atomic mass is 9.87. The van der Waals surface area contributed by atoms with Crippen LogP contribution in [0.3, 0.4) is 0 Å². The van der Waals surface area contributed by atoms with Gasteiger partial charge in [0.05, 0.1) is 14.2 Å². The Morgan fingerprint density at radius 3 is 2.37 bits per heavy atom. The van der Waals surface area contributed by atoms with Crippen LogP contribution in [0.5, 0.6) is 11.5 Å². The quantitative estimate of drug-likeness (QED) is 0.255. The molecule has 0 fully saturated rings. The lowest BCUT2D eigenvalue weighted by Crippen LogP contribution is -2.25. The van der Waals surface area contributed by atoms with Gasteiger partial charge in [-0.15, -0.1) is 0 Å². The number of hydrogen-bond donors (Lipinski definition) is 1. The molecule has 1 amide bonds. The van der Waals surface area contributed by atoms with E-state index in [4.69, 9.17) is 9.47 Å². The summed E-state index contributed by atoms with van der Waals surface area (Å²) in [7, 11) is 3.25. The lowest BCUT2D eigenvalue weighted by molar-refractivity contribution is -0.121. The Balaban J connectivity index is 1.53. The van der Waals surface area contributed by atoms with Crippen molar-refractivity contribution in [3.05, 3.63) is 126 Å². The monoisotopic (exact) mass is 505 g/mol. The Morgan fingerprint density at radius 2 is 1.61 bits per heavy atom. The van der Waals surface area contributed by atoms with Crippen molar-refractivity contribution in [1.82, 2.24) is 14.9 Å². The summed E-state index contributed by atoms with van der Waals surface area (Å²) in [5.41, 5.74) is 5.45. The molecule has 0 saturated heterocycles. The minimum Gasteiger partial charge on any atom is -0.493 e. The molecule has 1 N–H and O–H groups in total. The molecule has 0 spiro atoms. The van der Waals surface area contributed by atoms with Crippen LogP contribution in [0.2, 0.25) is 0 Å². The van der Waals surface area contributed by atoms with Gasteiger partial charge in [-0.05, 0) is 52.6 Å². The first-order valence-corrected chi connectivity index (χ1v) is 12.7. The molecule has 0 aliphatic carbocycles. The summed E-state index contributed by atoms with van der Waals surface area (Å²) in [6.07, 6.45) is 5.94. The van der Waals surface area contributed by atoms with Gasteiger partial charge in [0.25, 0.3) is 0 Å². The van der Waals surface area contributed by atoms with Crippen LogP contribution < -0.4 is 14.8 Å². The summed E-state index contributed by atoms with van der Waals surface area (Å²) in [6.45, 7) is 1.20. The molecule has 1 atom stereocenters. The fraction of sp³-hybridized carbons (Fsp3) is 0.188. The van der Waals surface area contributed by atoms with Gasteiger partial charge in [-0.25, -0.2) is 0 Å². The van der Waals surface area contributed by atoms with E-state index in [1.54, 1.807) is 26.6 Å². The molecule has 0 aliphatic rings. The Kier molecular flexibility index (Phi) is 7.69. The molecule has 6 nitrogen and oxygen atoms in total. The fourth-order valence-corrected chi connectivity index (χ4v) is 4.90. The number of carbonyl (C=O) groups is 1. The van der Waals surface area contributed by atoms with E-state index in [-0.39, 0.29) is 11.8 Å². The van der Waals surface area contributed by atoms with Crippen molar-refractivity contribution in [3.63, 3.8) is 0 Å². The van der Waals surface area contributed by atoms with E-state index in [1.807, 2.05) is 42.5 Å². The first-order valence-electron chi connectivity index (χ1n) is 12.7. The van der Waals surface area contributed by atoms with Crippen LogP contribution >= 0.6 is 0 Å².